The summed E-state index contributed by atoms with van der Waals surface area (Å²) in [6.07, 6.45) is 0. The molecule has 0 aliphatic heterocycles. The number of rotatable bonds is 8. The Hall–Kier alpha value is -6.58. The van der Waals surface area contributed by atoms with Crippen molar-refractivity contribution in [2.24, 2.45) is 0 Å². The lowest BCUT2D eigenvalue weighted by Gasteiger charge is -2.20. The summed E-state index contributed by atoms with van der Waals surface area (Å²) in [5.74, 6) is 1.91. The van der Waals surface area contributed by atoms with E-state index in [4.69, 9.17) is 15.0 Å². The molecule has 9 aromatic rings. The summed E-state index contributed by atoms with van der Waals surface area (Å²) in [5.41, 5.74) is 7.27. The average Bonchev–Trinajstić information content (AvgIpc) is 3.27. The Bertz CT molecular complexity index is 2590. The van der Waals surface area contributed by atoms with Crippen molar-refractivity contribution in [3.8, 4) is 56.4 Å². The van der Waals surface area contributed by atoms with Gasteiger partial charge in [0.1, 0.15) is 15.9 Å². The molecule has 4 nitrogen and oxygen atoms in total. The highest BCUT2D eigenvalue weighted by molar-refractivity contribution is 7.91. The normalized spacial score (nSPS) is 11.4. The molecule has 1 N–H and O–H groups in total. The van der Waals surface area contributed by atoms with Crippen LogP contribution in [-0.2, 0) is 0 Å². The molecule has 0 aliphatic rings. The lowest BCUT2D eigenvalue weighted by Crippen LogP contribution is -2.30. The quantitative estimate of drug-likeness (QED) is 0.159. The van der Waals surface area contributed by atoms with E-state index >= 15 is 0 Å². The first-order valence-electron chi connectivity index (χ1n) is 18.0. The predicted octanol–water partition coefficient (Wildman–Crippen LogP) is 10.6. The van der Waals surface area contributed by atoms with Crippen LogP contribution in [0.25, 0.3) is 67.2 Å². The maximum Gasteiger partial charge on any atom is 0.238 e. The highest BCUT2D eigenvalue weighted by Gasteiger charge is 2.44. The number of hydrogen-bond acceptors (Lipinski definition) is 4. The Labute approximate surface area is 315 Å². The first-order chi connectivity index (χ1) is 26.6. The second-order valence-electron chi connectivity index (χ2n) is 13.2. The van der Waals surface area contributed by atoms with E-state index < -0.39 is 7.49 Å². The molecule has 8 aromatic carbocycles. The lowest BCUT2D eigenvalue weighted by atomic mass is 9.91. The highest BCUT2D eigenvalue weighted by atomic mass is 31.2. The summed E-state index contributed by atoms with van der Waals surface area (Å²) in [6, 6.07) is 70.1. The number of fused-ring (bicyclic) bond motifs is 1. The molecule has 0 aliphatic carbocycles. The fraction of sp³-hybridized carbons (Fsp3) is 0. The monoisotopic (exact) mass is 712 g/mol. The van der Waals surface area contributed by atoms with Gasteiger partial charge in [-0.15, -0.1) is 0 Å². The van der Waals surface area contributed by atoms with E-state index in [1.807, 2.05) is 121 Å². The van der Waals surface area contributed by atoms with Crippen molar-refractivity contribution in [1.82, 2.24) is 15.0 Å². The van der Waals surface area contributed by atoms with Crippen LogP contribution < -0.4 is 15.9 Å². The third kappa shape index (κ3) is 6.28. The van der Waals surface area contributed by atoms with Crippen LogP contribution in [0.2, 0.25) is 0 Å². The van der Waals surface area contributed by atoms with E-state index in [1.165, 1.54) is 5.39 Å². The molecular weight excluding hydrogens is 678 g/mol. The van der Waals surface area contributed by atoms with Crippen LogP contribution in [0.4, 0.5) is 0 Å². The minimum Gasteiger partial charge on any atom is -0.235 e. The Morgan fingerprint density at radius 1 is 0.296 bits per heavy atom. The van der Waals surface area contributed by atoms with Crippen molar-refractivity contribution >= 4 is 34.2 Å². The van der Waals surface area contributed by atoms with Gasteiger partial charge in [0.2, 0.25) is 7.49 Å². The zero-order chi connectivity index (χ0) is 36.3. The maximum absolute atomic E-state index is 12.5. The summed E-state index contributed by atoms with van der Waals surface area (Å²) in [4.78, 5) is 27.2. The zero-order valence-corrected chi connectivity index (χ0v) is 30.3. The molecule has 256 valence electrons. The molecule has 5 heteroatoms. The van der Waals surface area contributed by atoms with E-state index in [0.717, 1.165) is 60.2 Å². The van der Waals surface area contributed by atoms with E-state index in [2.05, 4.69) is 84.9 Å². The van der Waals surface area contributed by atoms with Gasteiger partial charge >= 0.3 is 0 Å². The molecule has 0 atom stereocenters. The SMILES string of the molecule is O[P+](c1ccccc1)(c1ccccc1)c1ccc(-c2cccc3cccc(-c4ccc(-c5nc(-c6ccccc6)nc(-c6ccccc6)n5)cc4)c23)cc1. The van der Waals surface area contributed by atoms with Crippen LogP contribution in [0.3, 0.4) is 0 Å². The van der Waals surface area contributed by atoms with Gasteiger partial charge in [0, 0.05) is 16.7 Å². The van der Waals surface area contributed by atoms with Gasteiger partial charge in [0.15, 0.2) is 17.5 Å². The second kappa shape index (κ2) is 14.4. The maximum atomic E-state index is 12.5. The second-order valence-corrected chi connectivity index (χ2v) is 16.0. The molecule has 0 spiro atoms. The van der Waals surface area contributed by atoms with Crippen LogP contribution in [0.1, 0.15) is 0 Å². The van der Waals surface area contributed by atoms with Gasteiger partial charge in [0.25, 0.3) is 0 Å². The van der Waals surface area contributed by atoms with Crippen LogP contribution >= 0.6 is 7.49 Å². The topological polar surface area (TPSA) is 58.9 Å². The molecule has 0 saturated heterocycles. The van der Waals surface area contributed by atoms with Gasteiger partial charge in [0.05, 0.1) is 0 Å². The van der Waals surface area contributed by atoms with Crippen LogP contribution in [-0.4, -0.2) is 19.8 Å². The van der Waals surface area contributed by atoms with Gasteiger partial charge in [-0.3, -0.25) is 0 Å². The fourth-order valence-corrected chi connectivity index (χ4v) is 9.83. The van der Waals surface area contributed by atoms with Crippen LogP contribution in [0.5, 0.6) is 0 Å². The van der Waals surface area contributed by atoms with E-state index in [-0.39, 0.29) is 0 Å². The zero-order valence-electron chi connectivity index (χ0n) is 29.4. The molecule has 1 heterocycles. The van der Waals surface area contributed by atoms with Crippen molar-refractivity contribution in [3.63, 3.8) is 0 Å². The molecule has 0 unspecified atom stereocenters. The summed E-state index contributed by atoms with van der Waals surface area (Å²) in [6.45, 7) is 0. The smallest absolute Gasteiger partial charge is 0.235 e. The van der Waals surface area contributed by atoms with Crippen molar-refractivity contribution in [3.05, 3.63) is 206 Å². The Kier molecular flexibility index (Phi) is 8.90. The van der Waals surface area contributed by atoms with E-state index in [0.29, 0.717) is 17.5 Å². The molecular formula is C49H35N3OP+. The minimum atomic E-state index is -2.83. The van der Waals surface area contributed by atoms with Crippen molar-refractivity contribution in [2.75, 3.05) is 0 Å². The Morgan fingerprint density at radius 2 is 0.630 bits per heavy atom. The molecule has 9 rings (SSSR count). The lowest BCUT2D eigenvalue weighted by molar-refractivity contribution is 0.633. The third-order valence-corrected chi connectivity index (χ3v) is 13.0. The first-order valence-corrected chi connectivity index (χ1v) is 19.7. The van der Waals surface area contributed by atoms with E-state index in [1.54, 1.807) is 0 Å². The van der Waals surface area contributed by atoms with Crippen LogP contribution in [0.15, 0.2) is 206 Å². The molecule has 54 heavy (non-hydrogen) atoms. The summed E-state index contributed by atoms with van der Waals surface area (Å²) < 4.78 is 0. The minimum absolute atomic E-state index is 0.627. The van der Waals surface area contributed by atoms with Crippen molar-refractivity contribution in [1.29, 1.82) is 0 Å². The van der Waals surface area contributed by atoms with Gasteiger partial charge in [-0.25, -0.2) is 19.8 Å². The van der Waals surface area contributed by atoms with Crippen LogP contribution in [0, 0.1) is 0 Å². The number of nitrogens with zero attached hydrogens (tertiary/aromatic N) is 3. The summed E-state index contributed by atoms with van der Waals surface area (Å²) >= 11 is 0. The van der Waals surface area contributed by atoms with Gasteiger partial charge in [-0.1, -0.05) is 170 Å². The molecule has 0 fully saturated rings. The molecule has 0 radical (unpaired) electrons. The van der Waals surface area contributed by atoms with Gasteiger partial charge in [-0.2, -0.15) is 0 Å². The average molecular weight is 713 g/mol. The number of benzene rings is 8. The Morgan fingerprint density at radius 3 is 1.06 bits per heavy atom. The predicted molar refractivity (Wildman–Crippen MR) is 225 cm³/mol. The van der Waals surface area contributed by atoms with Gasteiger partial charge in [-0.05, 0) is 69.4 Å². The molecule has 0 amide bonds. The Balaban J connectivity index is 1.10. The van der Waals surface area contributed by atoms with E-state index in [9.17, 15) is 4.89 Å². The van der Waals surface area contributed by atoms with Crippen molar-refractivity contribution in [2.45, 2.75) is 0 Å². The van der Waals surface area contributed by atoms with Gasteiger partial charge < -0.3 is 0 Å². The summed E-state index contributed by atoms with van der Waals surface area (Å²) in [7, 11) is -2.83. The number of hydrogen-bond donors (Lipinski definition) is 1. The number of aromatic nitrogens is 3. The highest BCUT2D eigenvalue weighted by Crippen LogP contribution is 2.51. The fourth-order valence-electron chi connectivity index (χ4n) is 7.15. The largest absolute Gasteiger partial charge is 0.238 e. The standard InChI is InChI=1S/C49H35N3OP/c53-54(41-21-9-3-10-22-41,42-23-11-4-12-24-42)43-33-31-36(32-34-43)45-26-14-20-37-19-13-25-44(46(37)45)35-27-29-40(30-28-35)49-51-47(38-15-5-1-6-16-38)50-48(52-49)39-17-7-2-8-18-39/h1-34,53H/q+1. The summed E-state index contributed by atoms with van der Waals surface area (Å²) in [5, 5.41) is 5.13. The molecule has 0 bridgehead atoms. The third-order valence-electron chi connectivity index (χ3n) is 9.87. The molecule has 1 aromatic heterocycles. The molecule has 0 saturated carbocycles. The van der Waals surface area contributed by atoms with Crippen molar-refractivity contribution < 1.29 is 4.89 Å². The first kappa shape index (κ1) is 33.3.